The van der Waals surface area contributed by atoms with Crippen LogP contribution in [-0.4, -0.2) is 41.5 Å². The second-order valence-electron chi connectivity index (χ2n) is 5.53. The van der Waals surface area contributed by atoms with E-state index in [1.807, 2.05) is 6.92 Å². The van der Waals surface area contributed by atoms with E-state index >= 15 is 0 Å². The standard InChI is InChI=1S/C16H18N2O5S/c1-3-22-13-7-9(23-24-2)6-10-11(13)8-18(16(10)21)12-4-5-14(19)17-15(12)20/h6-7,12H,3-5,8H2,1-2H3,(H,17,19,20). The number of hydrogen-bond acceptors (Lipinski definition) is 6. The summed E-state index contributed by atoms with van der Waals surface area (Å²) < 4.78 is 11.1. The van der Waals surface area contributed by atoms with Gasteiger partial charge in [0.1, 0.15) is 17.5 Å². The lowest BCUT2D eigenvalue weighted by molar-refractivity contribution is -0.136. The van der Waals surface area contributed by atoms with Gasteiger partial charge in [0.25, 0.3) is 5.91 Å². The molecule has 0 spiro atoms. The molecule has 0 saturated carbocycles. The van der Waals surface area contributed by atoms with Crippen molar-refractivity contribution in [3.05, 3.63) is 23.3 Å². The van der Waals surface area contributed by atoms with Crippen molar-refractivity contribution >= 4 is 29.8 Å². The van der Waals surface area contributed by atoms with E-state index in [9.17, 15) is 14.4 Å². The molecule has 2 aliphatic rings. The zero-order valence-corrected chi connectivity index (χ0v) is 14.3. The van der Waals surface area contributed by atoms with Gasteiger partial charge in [-0.15, -0.1) is 0 Å². The maximum Gasteiger partial charge on any atom is 0.255 e. The van der Waals surface area contributed by atoms with Crippen LogP contribution >= 0.6 is 12.0 Å². The number of fused-ring (bicyclic) bond motifs is 1. The first-order valence-corrected chi connectivity index (χ1v) is 8.85. The van der Waals surface area contributed by atoms with Crippen LogP contribution in [-0.2, 0) is 16.1 Å². The first-order valence-electron chi connectivity index (χ1n) is 7.70. The van der Waals surface area contributed by atoms with Gasteiger partial charge in [0.15, 0.2) is 0 Å². The lowest BCUT2D eigenvalue weighted by Crippen LogP contribution is -2.52. The first-order chi connectivity index (χ1) is 11.5. The molecular weight excluding hydrogens is 332 g/mol. The Morgan fingerprint density at radius 1 is 1.33 bits per heavy atom. The van der Waals surface area contributed by atoms with E-state index in [4.69, 9.17) is 8.92 Å². The van der Waals surface area contributed by atoms with E-state index in [0.717, 1.165) is 5.56 Å². The Bertz CT molecular complexity index is 706. The number of nitrogens with zero attached hydrogens (tertiary/aromatic N) is 1. The number of carbonyl (C=O) groups excluding carboxylic acids is 3. The molecule has 2 heterocycles. The van der Waals surface area contributed by atoms with Crippen molar-refractivity contribution in [1.29, 1.82) is 0 Å². The minimum Gasteiger partial charge on any atom is -0.493 e. The Morgan fingerprint density at radius 3 is 2.79 bits per heavy atom. The molecule has 1 fully saturated rings. The molecule has 24 heavy (non-hydrogen) atoms. The normalized spacial score (nSPS) is 20.0. The number of ether oxygens (including phenoxy) is 1. The van der Waals surface area contributed by atoms with Crippen molar-refractivity contribution in [2.45, 2.75) is 32.4 Å². The lowest BCUT2D eigenvalue weighted by Gasteiger charge is -2.29. The minimum absolute atomic E-state index is 0.232. The molecule has 3 amide bonds. The molecule has 128 valence electrons. The van der Waals surface area contributed by atoms with Gasteiger partial charge >= 0.3 is 0 Å². The lowest BCUT2D eigenvalue weighted by atomic mass is 10.0. The number of hydrogen-bond donors (Lipinski definition) is 1. The number of carbonyl (C=O) groups is 3. The van der Waals surface area contributed by atoms with Gasteiger partial charge in [-0.1, -0.05) is 0 Å². The van der Waals surface area contributed by atoms with Crippen LogP contribution in [0.1, 0.15) is 35.7 Å². The molecule has 0 radical (unpaired) electrons. The second kappa shape index (κ2) is 6.72. The Morgan fingerprint density at radius 2 is 2.12 bits per heavy atom. The number of imide groups is 1. The molecule has 3 rings (SSSR count). The molecule has 0 bridgehead atoms. The zero-order chi connectivity index (χ0) is 17.3. The number of benzene rings is 1. The van der Waals surface area contributed by atoms with Crippen molar-refractivity contribution in [1.82, 2.24) is 10.2 Å². The van der Waals surface area contributed by atoms with Crippen molar-refractivity contribution in [2.75, 3.05) is 12.9 Å². The van der Waals surface area contributed by atoms with Crippen LogP contribution in [0.25, 0.3) is 0 Å². The molecule has 8 heteroatoms. The Labute approximate surface area is 143 Å². The molecule has 7 nitrogen and oxygen atoms in total. The van der Waals surface area contributed by atoms with E-state index in [-0.39, 0.29) is 24.8 Å². The zero-order valence-electron chi connectivity index (χ0n) is 13.5. The molecule has 2 aliphatic heterocycles. The Balaban J connectivity index is 1.92. The van der Waals surface area contributed by atoms with Crippen LogP contribution in [0.5, 0.6) is 11.5 Å². The largest absolute Gasteiger partial charge is 0.493 e. The molecule has 0 aromatic heterocycles. The Hall–Kier alpha value is -2.22. The average molecular weight is 350 g/mol. The van der Waals surface area contributed by atoms with Crippen LogP contribution < -0.4 is 14.2 Å². The van der Waals surface area contributed by atoms with Crippen molar-refractivity contribution in [3.63, 3.8) is 0 Å². The summed E-state index contributed by atoms with van der Waals surface area (Å²) in [7, 11) is 0. The van der Waals surface area contributed by atoms with E-state index < -0.39 is 11.9 Å². The predicted molar refractivity (Wildman–Crippen MR) is 87.8 cm³/mol. The van der Waals surface area contributed by atoms with Crippen molar-refractivity contribution in [3.8, 4) is 11.5 Å². The SMILES string of the molecule is CCOc1cc(OSC)cc2c1CN(C1CCC(=O)NC1=O)C2=O. The van der Waals surface area contributed by atoms with Crippen LogP contribution in [0.3, 0.4) is 0 Å². The fourth-order valence-corrected chi connectivity index (χ4v) is 3.32. The molecule has 1 atom stereocenters. The molecule has 0 aliphatic carbocycles. The third-order valence-electron chi connectivity index (χ3n) is 4.07. The highest BCUT2D eigenvalue weighted by Crippen LogP contribution is 2.37. The number of piperidine rings is 1. The third-order valence-corrected chi connectivity index (χ3v) is 4.43. The highest BCUT2D eigenvalue weighted by atomic mass is 32.2. The summed E-state index contributed by atoms with van der Waals surface area (Å²) in [6.07, 6.45) is 2.35. The van der Waals surface area contributed by atoms with E-state index in [2.05, 4.69) is 5.32 Å². The summed E-state index contributed by atoms with van der Waals surface area (Å²) in [6, 6.07) is 2.78. The average Bonchev–Trinajstić information content (AvgIpc) is 2.86. The monoisotopic (exact) mass is 350 g/mol. The smallest absolute Gasteiger partial charge is 0.255 e. The van der Waals surface area contributed by atoms with Gasteiger partial charge in [0, 0.05) is 24.3 Å². The van der Waals surface area contributed by atoms with E-state index in [1.165, 1.54) is 16.9 Å². The van der Waals surface area contributed by atoms with Crippen LogP contribution in [0.4, 0.5) is 0 Å². The number of amides is 3. The van der Waals surface area contributed by atoms with Gasteiger partial charge in [-0.05, 0) is 19.4 Å². The van der Waals surface area contributed by atoms with Gasteiger partial charge < -0.3 is 13.8 Å². The predicted octanol–water partition coefficient (Wildman–Crippen LogP) is 1.50. The van der Waals surface area contributed by atoms with Crippen LogP contribution in [0, 0.1) is 0 Å². The van der Waals surface area contributed by atoms with E-state index in [0.29, 0.717) is 30.1 Å². The van der Waals surface area contributed by atoms with Crippen molar-refractivity contribution < 1.29 is 23.3 Å². The van der Waals surface area contributed by atoms with Gasteiger partial charge in [-0.25, -0.2) is 0 Å². The van der Waals surface area contributed by atoms with Gasteiger partial charge in [0.2, 0.25) is 11.8 Å². The van der Waals surface area contributed by atoms with E-state index in [1.54, 1.807) is 18.4 Å². The topological polar surface area (TPSA) is 84.9 Å². The molecular formula is C16H18N2O5S. The molecule has 1 aromatic carbocycles. The summed E-state index contributed by atoms with van der Waals surface area (Å²) in [5.41, 5.74) is 1.23. The highest BCUT2D eigenvalue weighted by Gasteiger charge is 2.40. The molecule has 1 N–H and O–H groups in total. The van der Waals surface area contributed by atoms with Crippen molar-refractivity contribution in [2.24, 2.45) is 0 Å². The maximum absolute atomic E-state index is 12.8. The molecule has 1 saturated heterocycles. The van der Waals surface area contributed by atoms with Crippen LogP contribution in [0.2, 0.25) is 0 Å². The molecule has 1 aromatic rings. The summed E-state index contributed by atoms with van der Waals surface area (Å²) in [5.74, 6) is 0.148. The number of rotatable bonds is 5. The third kappa shape index (κ3) is 2.93. The second-order valence-corrected chi connectivity index (χ2v) is 6.03. The Kier molecular flexibility index (Phi) is 4.66. The fourth-order valence-electron chi connectivity index (χ4n) is 3.03. The summed E-state index contributed by atoms with van der Waals surface area (Å²) in [4.78, 5) is 37.7. The van der Waals surface area contributed by atoms with Gasteiger partial charge in [-0.3, -0.25) is 19.7 Å². The van der Waals surface area contributed by atoms with Gasteiger partial charge in [-0.2, -0.15) is 0 Å². The fraction of sp³-hybridized carbons (Fsp3) is 0.438. The molecule has 1 unspecified atom stereocenters. The van der Waals surface area contributed by atoms with Crippen LogP contribution in [0.15, 0.2) is 12.1 Å². The minimum atomic E-state index is -0.637. The number of nitrogens with one attached hydrogen (secondary N) is 1. The van der Waals surface area contributed by atoms with Gasteiger partial charge in [0.05, 0.1) is 30.8 Å². The maximum atomic E-state index is 12.8. The quantitative estimate of drug-likeness (QED) is 0.640. The summed E-state index contributed by atoms with van der Waals surface area (Å²) >= 11 is 1.18. The summed E-state index contributed by atoms with van der Waals surface area (Å²) in [5, 5.41) is 2.29. The first kappa shape index (κ1) is 16.6. The summed E-state index contributed by atoms with van der Waals surface area (Å²) in [6.45, 7) is 2.61. The highest BCUT2D eigenvalue weighted by molar-refractivity contribution is 7.94.